The smallest absolute Gasteiger partial charge is 0.271 e. The third-order valence-corrected chi connectivity index (χ3v) is 0.642. The highest BCUT2D eigenvalue weighted by atomic mass is 16.8. The van der Waals surface area contributed by atoms with Gasteiger partial charge in [0, 0.05) is 19.7 Å². The molecule has 0 amide bonds. The lowest BCUT2D eigenvalue weighted by Gasteiger charge is -2.15. The lowest BCUT2D eigenvalue weighted by atomic mass is 10.8. The Morgan fingerprint density at radius 2 is 1.30 bits per heavy atom. The van der Waals surface area contributed by atoms with E-state index in [0.717, 1.165) is 20.8 Å². The van der Waals surface area contributed by atoms with Crippen molar-refractivity contribution in [2.24, 2.45) is 0 Å². The Bertz CT molecular complexity index is 178. The van der Waals surface area contributed by atoms with Gasteiger partial charge in [-0.05, 0) is 20.8 Å². The molecule has 0 aromatic rings. The van der Waals surface area contributed by atoms with Gasteiger partial charge in [-0.25, -0.2) is 0 Å². The van der Waals surface area contributed by atoms with Gasteiger partial charge in [-0.2, -0.15) is 0 Å². The first kappa shape index (κ1) is 3.52. The van der Waals surface area contributed by atoms with Crippen molar-refractivity contribution in [3.63, 3.8) is 0 Å². The highest BCUT2D eigenvalue weighted by Gasteiger charge is 2.04. The quantitative estimate of drug-likeness (QED) is 0.541. The van der Waals surface area contributed by atoms with Gasteiger partial charge in [-0.15, -0.1) is 0 Å². The summed E-state index contributed by atoms with van der Waals surface area (Å²) in [7, 11) is 0. The molecule has 0 bridgehead atoms. The maximum atomic E-state index is 7.12. The zero-order valence-corrected chi connectivity index (χ0v) is 6.30. The molecule has 10 heavy (non-hydrogen) atoms. The lowest BCUT2D eigenvalue weighted by molar-refractivity contribution is -0.282. The van der Waals surface area contributed by atoms with Gasteiger partial charge in [0.2, 0.25) is 0 Å². The van der Waals surface area contributed by atoms with Crippen molar-refractivity contribution >= 4 is 0 Å². The van der Waals surface area contributed by atoms with Crippen LogP contribution in [0.15, 0.2) is 0 Å². The van der Waals surface area contributed by atoms with Gasteiger partial charge in [-0.3, -0.25) is 0 Å². The highest BCUT2D eigenvalue weighted by Crippen LogP contribution is 1.95. The van der Waals surface area contributed by atoms with Gasteiger partial charge >= 0.3 is 0 Å². The normalized spacial score (nSPS) is 24.0. The molecule has 0 unspecified atom stereocenters. The molecule has 62 valence electrons. The lowest BCUT2D eigenvalue weighted by Crippen LogP contribution is -2.20. The summed E-state index contributed by atoms with van der Waals surface area (Å²) in [4.78, 5) is 0. The van der Waals surface area contributed by atoms with E-state index < -0.39 is 26.2 Å². The van der Waals surface area contributed by atoms with Crippen molar-refractivity contribution in [2.45, 2.75) is 27.2 Å². The summed E-state index contributed by atoms with van der Waals surface area (Å²) in [6, 6.07) is 0. The van der Waals surface area contributed by atoms with Gasteiger partial charge in [0.25, 0.3) is 6.48 Å². The maximum absolute atomic E-state index is 7.12. The Morgan fingerprint density at radius 1 is 1.00 bits per heavy atom. The second kappa shape index (κ2) is 6.99. The van der Waals surface area contributed by atoms with Gasteiger partial charge in [-0.1, -0.05) is 0 Å². The van der Waals surface area contributed by atoms with Crippen LogP contribution in [0.4, 0.5) is 0 Å². The van der Waals surface area contributed by atoms with Crippen molar-refractivity contribution in [1.82, 2.24) is 0 Å². The van der Waals surface area contributed by atoms with E-state index in [4.69, 9.17) is 8.22 Å². The molecule has 0 saturated heterocycles. The SMILES string of the molecule is [2H]C([2H])(C)OC(OC([2H])([2H])C)OC([2H])([2H])C. The summed E-state index contributed by atoms with van der Waals surface area (Å²) >= 11 is 0. The molecular formula is C7H16O3. The first-order chi connectivity index (χ1) is 6.79. The summed E-state index contributed by atoms with van der Waals surface area (Å²) in [6.07, 6.45) is 0. The third kappa shape index (κ3) is 4.73. The minimum absolute atomic E-state index is 1.07. The van der Waals surface area contributed by atoms with E-state index in [1.54, 1.807) is 0 Å². The van der Waals surface area contributed by atoms with E-state index in [2.05, 4.69) is 14.2 Å². The molecule has 3 heteroatoms. The maximum Gasteiger partial charge on any atom is 0.271 e. The number of ether oxygens (including phenoxy) is 3. The zero-order valence-electron chi connectivity index (χ0n) is 12.3. The predicted molar refractivity (Wildman–Crippen MR) is 38.7 cm³/mol. The van der Waals surface area contributed by atoms with Gasteiger partial charge < -0.3 is 14.2 Å². The number of hydrogen-bond acceptors (Lipinski definition) is 3. The molecule has 0 aromatic carbocycles. The van der Waals surface area contributed by atoms with Crippen molar-refractivity contribution < 1.29 is 22.4 Å². The van der Waals surface area contributed by atoms with Crippen LogP contribution in [0.3, 0.4) is 0 Å². The Balaban J connectivity index is 4.53. The summed E-state index contributed by atoms with van der Waals surface area (Å²) in [6.45, 7) is -4.92. The third-order valence-electron chi connectivity index (χ3n) is 0.642. The fourth-order valence-corrected chi connectivity index (χ4v) is 0.361. The number of rotatable bonds is 6. The average molecular weight is 154 g/mol. The first-order valence-electron chi connectivity index (χ1n) is 5.82. The largest absolute Gasteiger partial charge is 0.330 e. The van der Waals surface area contributed by atoms with Gasteiger partial charge in [0.05, 0.1) is 8.22 Å². The Morgan fingerprint density at radius 3 is 1.50 bits per heavy atom. The highest BCUT2D eigenvalue weighted by molar-refractivity contribution is 4.23. The molecule has 0 heterocycles. The molecular weight excluding hydrogens is 132 g/mol. The van der Waals surface area contributed by atoms with Crippen molar-refractivity contribution in [3.8, 4) is 0 Å². The zero-order chi connectivity index (χ0) is 13.2. The van der Waals surface area contributed by atoms with Crippen LogP contribution in [0, 0.1) is 0 Å². The summed E-state index contributed by atoms with van der Waals surface area (Å²) < 4.78 is 56.5. The van der Waals surface area contributed by atoms with Crippen LogP contribution in [0.1, 0.15) is 29.0 Å². The summed E-state index contributed by atoms with van der Waals surface area (Å²) in [5, 5.41) is 0. The minimum atomic E-state index is -2.12. The molecule has 0 saturated carbocycles. The van der Waals surface area contributed by atoms with Crippen molar-refractivity contribution in [2.75, 3.05) is 19.7 Å². The molecule has 0 aliphatic rings. The number of hydrogen-bond donors (Lipinski definition) is 0. The minimum Gasteiger partial charge on any atom is -0.330 e. The summed E-state index contributed by atoms with van der Waals surface area (Å²) in [5.74, 6) is 0. The van der Waals surface area contributed by atoms with E-state index in [1.165, 1.54) is 0 Å². The molecule has 0 N–H and O–H groups in total. The molecule has 0 rings (SSSR count). The van der Waals surface area contributed by atoms with Crippen molar-refractivity contribution in [3.05, 3.63) is 0 Å². The second-order valence-corrected chi connectivity index (χ2v) is 1.25. The molecule has 0 fully saturated rings. The van der Waals surface area contributed by atoms with Gasteiger partial charge in [0.1, 0.15) is 0 Å². The van der Waals surface area contributed by atoms with Crippen LogP contribution in [-0.2, 0) is 14.2 Å². The molecule has 0 aromatic heterocycles. The standard InChI is InChI=1S/C7H16O3/c1-4-8-7(9-5-2)10-6-3/h7H,4-6H2,1-3H3/i4D2,5D2,6D2. The molecule has 0 atom stereocenters. The van der Waals surface area contributed by atoms with Crippen molar-refractivity contribution in [1.29, 1.82) is 0 Å². The van der Waals surface area contributed by atoms with E-state index >= 15 is 0 Å². The second-order valence-electron chi connectivity index (χ2n) is 1.25. The van der Waals surface area contributed by atoms with E-state index in [1.807, 2.05) is 0 Å². The Hall–Kier alpha value is -0.120. The van der Waals surface area contributed by atoms with Crippen LogP contribution in [0.5, 0.6) is 0 Å². The first-order valence-corrected chi connectivity index (χ1v) is 2.82. The Kier molecular flexibility index (Phi) is 2.46. The van der Waals surface area contributed by atoms with E-state index in [0.29, 0.717) is 0 Å². The molecule has 0 aliphatic carbocycles. The van der Waals surface area contributed by atoms with E-state index in [-0.39, 0.29) is 0 Å². The predicted octanol–water partition coefficient (Wildman–Crippen LogP) is 1.38. The molecule has 0 radical (unpaired) electrons. The summed E-state index contributed by atoms with van der Waals surface area (Å²) in [5.41, 5.74) is 0. The van der Waals surface area contributed by atoms with Crippen LogP contribution >= 0.6 is 0 Å². The molecule has 0 aliphatic heterocycles. The van der Waals surface area contributed by atoms with Gasteiger partial charge in [0.15, 0.2) is 0 Å². The van der Waals surface area contributed by atoms with E-state index in [9.17, 15) is 0 Å². The fraction of sp³-hybridized carbons (Fsp3) is 1.00. The molecule has 0 spiro atoms. The van der Waals surface area contributed by atoms with Crippen LogP contribution in [-0.4, -0.2) is 26.2 Å². The molecule has 3 nitrogen and oxygen atoms in total. The van der Waals surface area contributed by atoms with Crippen LogP contribution in [0.2, 0.25) is 0 Å². The fourth-order valence-electron chi connectivity index (χ4n) is 0.361. The topological polar surface area (TPSA) is 27.7 Å². The Labute approximate surface area is 70.7 Å². The average Bonchev–Trinajstić information content (AvgIpc) is 1.70. The van der Waals surface area contributed by atoms with Crippen LogP contribution < -0.4 is 0 Å². The monoisotopic (exact) mass is 154 g/mol. The van der Waals surface area contributed by atoms with Crippen LogP contribution in [0.25, 0.3) is 0 Å².